The highest BCUT2D eigenvalue weighted by molar-refractivity contribution is 7.22. The summed E-state index contributed by atoms with van der Waals surface area (Å²) in [5.74, 6) is 0.250. The lowest BCUT2D eigenvalue weighted by atomic mass is 9.95. The number of methoxy groups -OCH3 is 2. The van der Waals surface area contributed by atoms with E-state index >= 15 is 0 Å². The number of carbonyl (C=O) groups is 2. The van der Waals surface area contributed by atoms with Crippen molar-refractivity contribution in [2.75, 3.05) is 32.3 Å². The molecule has 10 heteroatoms. The summed E-state index contributed by atoms with van der Waals surface area (Å²) >= 11 is 1.26. The molecule has 1 aliphatic rings. The van der Waals surface area contributed by atoms with E-state index in [2.05, 4.69) is 6.92 Å². The Balaban J connectivity index is 1.65. The summed E-state index contributed by atoms with van der Waals surface area (Å²) in [5, 5.41) is 11.9. The van der Waals surface area contributed by atoms with Crippen molar-refractivity contribution in [3.63, 3.8) is 0 Å². The number of Topliss-reactive ketones (excluding diaryl/α,β-unsaturated/α-hetero) is 1. The Morgan fingerprint density at radius 2 is 1.77 bits per heavy atom. The minimum Gasteiger partial charge on any atom is -0.507 e. The van der Waals surface area contributed by atoms with E-state index in [1.807, 2.05) is 25.1 Å². The van der Waals surface area contributed by atoms with Crippen LogP contribution in [-0.4, -0.2) is 49.2 Å². The first-order valence-electron chi connectivity index (χ1n) is 14.2. The Bertz CT molecular complexity index is 1680. The standard InChI is InChI=1S/C33H34N2O7S/c1-5-7-8-16-42-25-15-12-20(18-26(25)40-4)29-28(30(36)21-10-9-11-22(17-21)39-3)31(37)32(38)35(29)33-34-24-14-13-23(41-6-2)19-27(24)43-33/h9-15,17-19,29,36H,5-8,16H2,1-4H3. The van der Waals surface area contributed by atoms with Crippen molar-refractivity contribution >= 4 is 44.1 Å². The molecular weight excluding hydrogens is 568 g/mol. The Morgan fingerprint density at radius 3 is 2.51 bits per heavy atom. The predicted octanol–water partition coefficient (Wildman–Crippen LogP) is 6.91. The quantitative estimate of drug-likeness (QED) is 0.0807. The zero-order valence-corrected chi connectivity index (χ0v) is 25.4. The highest BCUT2D eigenvalue weighted by Gasteiger charge is 2.48. The summed E-state index contributed by atoms with van der Waals surface area (Å²) in [7, 11) is 3.05. The Kier molecular flexibility index (Phi) is 9.16. The number of aliphatic hydroxyl groups excluding tert-OH is 1. The second kappa shape index (κ2) is 13.2. The van der Waals surface area contributed by atoms with Crippen molar-refractivity contribution in [1.29, 1.82) is 0 Å². The zero-order chi connectivity index (χ0) is 30.5. The van der Waals surface area contributed by atoms with Gasteiger partial charge in [0.1, 0.15) is 17.3 Å². The molecule has 1 N–H and O–H groups in total. The third-order valence-electron chi connectivity index (χ3n) is 7.16. The average molecular weight is 603 g/mol. The Labute approximate surface area is 254 Å². The summed E-state index contributed by atoms with van der Waals surface area (Å²) < 4.78 is 23.4. The Morgan fingerprint density at radius 1 is 0.930 bits per heavy atom. The smallest absolute Gasteiger partial charge is 0.301 e. The maximum absolute atomic E-state index is 13.7. The van der Waals surface area contributed by atoms with Crippen LogP contribution in [0.15, 0.2) is 66.2 Å². The molecule has 1 aromatic heterocycles. The molecule has 43 heavy (non-hydrogen) atoms. The SMILES string of the molecule is CCCCCOc1ccc(C2C(=C(O)c3cccc(OC)c3)C(=O)C(=O)N2c2nc3ccc(OCC)cc3s2)cc1OC. The third-order valence-corrected chi connectivity index (χ3v) is 8.18. The topological polar surface area (TPSA) is 107 Å². The van der Waals surface area contributed by atoms with Crippen LogP contribution in [0.2, 0.25) is 0 Å². The summed E-state index contributed by atoms with van der Waals surface area (Å²) in [5.41, 5.74) is 1.49. The molecule has 0 spiro atoms. The summed E-state index contributed by atoms with van der Waals surface area (Å²) in [6, 6.07) is 16.5. The molecule has 0 saturated carbocycles. The fourth-order valence-corrected chi connectivity index (χ4v) is 6.05. The average Bonchev–Trinajstić information content (AvgIpc) is 3.56. The fourth-order valence-electron chi connectivity index (χ4n) is 5.03. The molecule has 224 valence electrons. The molecule has 1 saturated heterocycles. The third kappa shape index (κ3) is 6.01. The van der Waals surface area contributed by atoms with Crippen LogP contribution < -0.4 is 23.8 Å². The van der Waals surface area contributed by atoms with Crippen LogP contribution in [0, 0.1) is 0 Å². The molecule has 9 nitrogen and oxygen atoms in total. The molecular formula is C33H34N2O7S. The number of thiazole rings is 1. The molecule has 1 fully saturated rings. The maximum Gasteiger partial charge on any atom is 0.301 e. The monoisotopic (exact) mass is 602 g/mol. The van der Waals surface area contributed by atoms with Crippen LogP contribution in [-0.2, 0) is 9.59 Å². The second-order valence-corrected chi connectivity index (χ2v) is 10.9. The molecule has 0 aliphatic carbocycles. The largest absolute Gasteiger partial charge is 0.507 e. The molecule has 1 amide bonds. The number of rotatable bonds is 12. The van der Waals surface area contributed by atoms with Gasteiger partial charge in [-0.2, -0.15) is 0 Å². The fraction of sp³-hybridized carbons (Fsp3) is 0.303. The lowest BCUT2D eigenvalue weighted by molar-refractivity contribution is -0.132. The van der Waals surface area contributed by atoms with Gasteiger partial charge in [-0.1, -0.05) is 49.3 Å². The van der Waals surface area contributed by atoms with Crippen molar-refractivity contribution in [2.45, 2.75) is 39.2 Å². The number of nitrogens with zero attached hydrogens (tertiary/aromatic N) is 2. The maximum atomic E-state index is 13.7. The normalized spacial score (nSPS) is 16.1. The first-order chi connectivity index (χ1) is 20.9. The highest BCUT2D eigenvalue weighted by Crippen LogP contribution is 2.46. The predicted molar refractivity (Wildman–Crippen MR) is 167 cm³/mol. The van der Waals surface area contributed by atoms with E-state index in [1.165, 1.54) is 30.5 Å². The number of hydrogen-bond donors (Lipinski definition) is 1. The number of aromatic nitrogens is 1. The molecule has 1 atom stereocenters. The first kappa shape index (κ1) is 29.9. The van der Waals surface area contributed by atoms with Crippen LogP contribution in [0.5, 0.6) is 23.0 Å². The number of fused-ring (bicyclic) bond motifs is 1. The van der Waals surface area contributed by atoms with Gasteiger partial charge in [-0.3, -0.25) is 14.5 Å². The number of unbranched alkanes of at least 4 members (excludes halogenated alkanes) is 2. The van der Waals surface area contributed by atoms with Gasteiger partial charge in [-0.25, -0.2) is 4.98 Å². The molecule has 0 radical (unpaired) electrons. The lowest BCUT2D eigenvalue weighted by Crippen LogP contribution is -2.29. The molecule has 3 aromatic carbocycles. The second-order valence-electron chi connectivity index (χ2n) is 9.93. The number of carbonyl (C=O) groups excluding carboxylic acids is 2. The molecule has 5 rings (SSSR count). The van der Waals surface area contributed by atoms with Crippen LogP contribution in [0.1, 0.15) is 50.3 Å². The van der Waals surface area contributed by atoms with E-state index in [-0.39, 0.29) is 11.3 Å². The molecule has 2 heterocycles. The number of benzene rings is 3. The van der Waals surface area contributed by atoms with Crippen molar-refractivity contribution in [2.24, 2.45) is 0 Å². The van der Waals surface area contributed by atoms with Crippen LogP contribution in [0.25, 0.3) is 16.0 Å². The zero-order valence-electron chi connectivity index (χ0n) is 24.6. The number of ketones is 1. The summed E-state index contributed by atoms with van der Waals surface area (Å²) in [6.07, 6.45) is 3.03. The first-order valence-corrected chi connectivity index (χ1v) is 15.0. The van der Waals surface area contributed by atoms with Crippen molar-refractivity contribution in [1.82, 2.24) is 4.98 Å². The lowest BCUT2D eigenvalue weighted by Gasteiger charge is -2.24. The minimum absolute atomic E-state index is 0.0637. The van der Waals surface area contributed by atoms with Gasteiger partial charge in [0.15, 0.2) is 16.6 Å². The summed E-state index contributed by atoms with van der Waals surface area (Å²) in [6.45, 7) is 5.07. The number of hydrogen-bond acceptors (Lipinski definition) is 9. The van der Waals surface area contributed by atoms with Gasteiger partial charge in [0.2, 0.25) is 0 Å². The molecule has 1 aliphatic heterocycles. The number of aliphatic hydroxyl groups is 1. The Hall–Kier alpha value is -4.57. The van der Waals surface area contributed by atoms with Crippen LogP contribution >= 0.6 is 11.3 Å². The van der Waals surface area contributed by atoms with Crippen LogP contribution in [0.4, 0.5) is 5.13 Å². The van der Waals surface area contributed by atoms with E-state index in [4.69, 9.17) is 23.9 Å². The molecule has 0 bridgehead atoms. The molecule has 1 unspecified atom stereocenters. The van der Waals surface area contributed by atoms with E-state index in [1.54, 1.807) is 42.5 Å². The van der Waals surface area contributed by atoms with Gasteiger partial charge in [0, 0.05) is 5.56 Å². The molecule has 4 aromatic rings. The van der Waals surface area contributed by atoms with Crippen molar-refractivity contribution in [3.05, 3.63) is 77.4 Å². The van der Waals surface area contributed by atoms with E-state index in [0.29, 0.717) is 58.0 Å². The van der Waals surface area contributed by atoms with Crippen molar-refractivity contribution in [3.8, 4) is 23.0 Å². The number of ether oxygens (including phenoxy) is 4. The van der Waals surface area contributed by atoms with Gasteiger partial charge in [0.05, 0.1) is 49.3 Å². The van der Waals surface area contributed by atoms with E-state index < -0.39 is 17.7 Å². The minimum atomic E-state index is -0.985. The van der Waals surface area contributed by atoms with Crippen molar-refractivity contribution < 1.29 is 33.6 Å². The van der Waals surface area contributed by atoms with Gasteiger partial charge < -0.3 is 24.1 Å². The van der Waals surface area contributed by atoms with Gasteiger partial charge in [-0.15, -0.1) is 0 Å². The van der Waals surface area contributed by atoms with Crippen LogP contribution in [0.3, 0.4) is 0 Å². The summed E-state index contributed by atoms with van der Waals surface area (Å²) in [4.78, 5) is 33.5. The van der Waals surface area contributed by atoms with E-state index in [0.717, 1.165) is 24.0 Å². The van der Waals surface area contributed by atoms with E-state index in [9.17, 15) is 14.7 Å². The number of amides is 1. The van der Waals surface area contributed by atoms with Gasteiger partial charge in [-0.05, 0) is 61.4 Å². The van der Waals surface area contributed by atoms with Gasteiger partial charge >= 0.3 is 5.91 Å². The highest BCUT2D eigenvalue weighted by atomic mass is 32.1. The van der Waals surface area contributed by atoms with Gasteiger partial charge in [0.25, 0.3) is 5.78 Å². The number of anilines is 1.